The van der Waals surface area contributed by atoms with Gasteiger partial charge in [-0.3, -0.25) is 9.59 Å². The van der Waals surface area contributed by atoms with Gasteiger partial charge in [-0.2, -0.15) is 0 Å². The molecule has 3 atom stereocenters. The molecule has 0 spiro atoms. The maximum atomic E-state index is 12.1. The number of esters is 1. The number of benzene rings is 1. The SMILES string of the molecule is NC(=O)[C@@H]1CCC[C@H](C(=O)OCc2ccccc2Br)[C@@H]1O. The zero-order valence-electron chi connectivity index (χ0n) is 11.5. The second-order valence-electron chi connectivity index (χ2n) is 5.24. The van der Waals surface area contributed by atoms with Gasteiger partial charge in [-0.05, 0) is 18.9 Å². The largest absolute Gasteiger partial charge is 0.460 e. The van der Waals surface area contributed by atoms with E-state index in [-0.39, 0.29) is 6.61 Å². The fraction of sp³-hybridized carbons (Fsp3) is 0.467. The molecule has 0 radical (unpaired) electrons. The number of carbonyl (C=O) groups is 2. The summed E-state index contributed by atoms with van der Waals surface area (Å²) in [5.41, 5.74) is 6.10. The zero-order chi connectivity index (χ0) is 15.4. The Bertz CT molecular complexity index is 534. The molecule has 1 aliphatic rings. The first-order valence-electron chi connectivity index (χ1n) is 6.88. The number of primary amides is 1. The highest BCUT2D eigenvalue weighted by molar-refractivity contribution is 9.10. The first-order chi connectivity index (χ1) is 10.0. The minimum absolute atomic E-state index is 0.130. The fourth-order valence-corrected chi connectivity index (χ4v) is 3.02. The summed E-state index contributed by atoms with van der Waals surface area (Å²) in [5, 5.41) is 10.1. The molecular weight excluding hydrogens is 338 g/mol. The number of aliphatic hydroxyl groups is 1. The molecule has 2 rings (SSSR count). The highest BCUT2D eigenvalue weighted by Crippen LogP contribution is 2.30. The molecular formula is C15H18BrNO4. The number of rotatable bonds is 4. The van der Waals surface area contributed by atoms with Crippen LogP contribution in [-0.2, 0) is 20.9 Å². The first kappa shape index (κ1) is 16.0. The van der Waals surface area contributed by atoms with Crippen LogP contribution in [0.1, 0.15) is 24.8 Å². The Hall–Kier alpha value is -1.40. The Morgan fingerprint density at radius 1 is 1.29 bits per heavy atom. The molecule has 0 aliphatic heterocycles. The molecule has 3 N–H and O–H groups in total. The van der Waals surface area contributed by atoms with Gasteiger partial charge in [-0.1, -0.05) is 40.5 Å². The molecule has 0 bridgehead atoms. The minimum atomic E-state index is -1.05. The highest BCUT2D eigenvalue weighted by atomic mass is 79.9. The van der Waals surface area contributed by atoms with Crippen LogP contribution >= 0.6 is 15.9 Å². The van der Waals surface area contributed by atoms with Crippen molar-refractivity contribution in [2.75, 3.05) is 0 Å². The maximum Gasteiger partial charge on any atom is 0.311 e. The lowest BCUT2D eigenvalue weighted by Gasteiger charge is -2.31. The number of ether oxygens (including phenoxy) is 1. The average Bonchev–Trinajstić information content (AvgIpc) is 2.46. The van der Waals surface area contributed by atoms with E-state index in [4.69, 9.17) is 10.5 Å². The van der Waals surface area contributed by atoms with Crippen molar-refractivity contribution in [3.8, 4) is 0 Å². The number of aliphatic hydroxyl groups excluding tert-OH is 1. The molecule has 0 unspecified atom stereocenters. The molecule has 114 valence electrons. The van der Waals surface area contributed by atoms with Crippen LogP contribution in [0.25, 0.3) is 0 Å². The average molecular weight is 356 g/mol. The Kier molecular flexibility index (Phi) is 5.36. The lowest BCUT2D eigenvalue weighted by molar-refractivity contribution is -0.158. The Balaban J connectivity index is 1.97. The summed E-state index contributed by atoms with van der Waals surface area (Å²) in [4.78, 5) is 23.4. The van der Waals surface area contributed by atoms with Gasteiger partial charge in [0, 0.05) is 10.0 Å². The van der Waals surface area contributed by atoms with E-state index in [0.29, 0.717) is 19.3 Å². The van der Waals surface area contributed by atoms with Crippen molar-refractivity contribution in [3.05, 3.63) is 34.3 Å². The second-order valence-corrected chi connectivity index (χ2v) is 6.09. The van der Waals surface area contributed by atoms with Crippen molar-refractivity contribution in [1.29, 1.82) is 0 Å². The normalized spacial score (nSPS) is 25.3. The summed E-state index contributed by atoms with van der Waals surface area (Å²) in [6, 6.07) is 7.44. The van der Waals surface area contributed by atoms with Crippen LogP contribution in [0.3, 0.4) is 0 Å². The number of nitrogens with two attached hydrogens (primary N) is 1. The summed E-state index contributed by atoms with van der Waals surface area (Å²) < 4.78 is 6.12. The van der Waals surface area contributed by atoms with Gasteiger partial charge >= 0.3 is 5.97 Å². The van der Waals surface area contributed by atoms with E-state index in [1.807, 2.05) is 24.3 Å². The lowest BCUT2D eigenvalue weighted by Crippen LogP contribution is -2.44. The number of amides is 1. The molecule has 1 aliphatic carbocycles. The van der Waals surface area contributed by atoms with E-state index >= 15 is 0 Å². The third-order valence-electron chi connectivity index (χ3n) is 3.85. The number of halogens is 1. The van der Waals surface area contributed by atoms with Crippen LogP contribution in [0.15, 0.2) is 28.7 Å². The predicted octanol–water partition coefficient (Wildman–Crippen LogP) is 1.75. The molecule has 5 nitrogen and oxygen atoms in total. The molecule has 0 heterocycles. The topological polar surface area (TPSA) is 89.6 Å². The summed E-state index contributed by atoms with van der Waals surface area (Å²) in [5.74, 6) is -2.39. The molecule has 1 aromatic rings. The van der Waals surface area contributed by atoms with Crippen molar-refractivity contribution in [1.82, 2.24) is 0 Å². The Morgan fingerprint density at radius 3 is 2.62 bits per heavy atom. The molecule has 1 fully saturated rings. The van der Waals surface area contributed by atoms with E-state index in [1.54, 1.807) is 0 Å². The predicted molar refractivity (Wildman–Crippen MR) is 80.0 cm³/mol. The van der Waals surface area contributed by atoms with Gasteiger partial charge in [0.15, 0.2) is 0 Å². The van der Waals surface area contributed by atoms with Gasteiger partial charge in [-0.25, -0.2) is 0 Å². The Labute approximate surface area is 131 Å². The summed E-state index contributed by atoms with van der Waals surface area (Å²) in [7, 11) is 0. The third kappa shape index (κ3) is 3.83. The number of hydrogen-bond acceptors (Lipinski definition) is 4. The molecule has 21 heavy (non-hydrogen) atoms. The second kappa shape index (κ2) is 7.04. The van der Waals surface area contributed by atoms with Crippen LogP contribution in [0.2, 0.25) is 0 Å². The highest BCUT2D eigenvalue weighted by Gasteiger charge is 2.39. The van der Waals surface area contributed by atoms with Crippen molar-refractivity contribution in [3.63, 3.8) is 0 Å². The summed E-state index contributed by atoms with van der Waals surface area (Å²) in [6.45, 7) is 0.130. The van der Waals surface area contributed by atoms with Gasteiger partial charge in [0.05, 0.1) is 17.9 Å². The van der Waals surface area contributed by atoms with Crippen molar-refractivity contribution < 1.29 is 19.4 Å². The minimum Gasteiger partial charge on any atom is -0.460 e. The molecule has 0 saturated heterocycles. The van der Waals surface area contributed by atoms with E-state index in [1.165, 1.54) is 0 Å². The number of hydrogen-bond donors (Lipinski definition) is 2. The van der Waals surface area contributed by atoms with Gasteiger partial charge in [0.25, 0.3) is 0 Å². The maximum absolute atomic E-state index is 12.1. The van der Waals surface area contributed by atoms with Crippen molar-refractivity contribution in [2.45, 2.75) is 32.0 Å². The summed E-state index contributed by atoms with van der Waals surface area (Å²) in [6.07, 6.45) is 0.659. The van der Waals surface area contributed by atoms with Crippen LogP contribution in [0.5, 0.6) is 0 Å². The van der Waals surface area contributed by atoms with Gasteiger partial charge in [-0.15, -0.1) is 0 Å². The van der Waals surface area contributed by atoms with Gasteiger partial charge in [0.2, 0.25) is 5.91 Å². The lowest BCUT2D eigenvalue weighted by atomic mass is 9.78. The smallest absolute Gasteiger partial charge is 0.311 e. The molecule has 6 heteroatoms. The Morgan fingerprint density at radius 2 is 1.95 bits per heavy atom. The number of carbonyl (C=O) groups excluding carboxylic acids is 2. The van der Waals surface area contributed by atoms with E-state index in [2.05, 4.69) is 15.9 Å². The van der Waals surface area contributed by atoms with Crippen molar-refractivity contribution in [2.24, 2.45) is 17.6 Å². The standard InChI is InChI=1S/C15H18BrNO4/c16-12-7-2-1-4-9(12)8-21-15(20)11-6-3-5-10(13(11)18)14(17)19/h1-2,4,7,10-11,13,18H,3,5-6,8H2,(H2,17,19)/t10-,11+,13-/m1/s1. The quantitative estimate of drug-likeness (QED) is 0.805. The van der Waals surface area contributed by atoms with E-state index in [0.717, 1.165) is 10.0 Å². The molecule has 0 aromatic heterocycles. The van der Waals surface area contributed by atoms with Crippen molar-refractivity contribution >= 4 is 27.8 Å². The van der Waals surface area contributed by atoms with E-state index < -0.39 is 29.8 Å². The van der Waals surface area contributed by atoms with Gasteiger partial charge < -0.3 is 15.6 Å². The van der Waals surface area contributed by atoms with Gasteiger partial charge in [0.1, 0.15) is 6.61 Å². The molecule has 1 saturated carbocycles. The van der Waals surface area contributed by atoms with Crippen LogP contribution in [-0.4, -0.2) is 23.1 Å². The van der Waals surface area contributed by atoms with E-state index in [9.17, 15) is 14.7 Å². The zero-order valence-corrected chi connectivity index (χ0v) is 13.1. The van der Waals surface area contributed by atoms with Crippen LogP contribution in [0.4, 0.5) is 0 Å². The summed E-state index contributed by atoms with van der Waals surface area (Å²) >= 11 is 3.38. The molecule has 1 amide bonds. The first-order valence-corrected chi connectivity index (χ1v) is 7.67. The molecule has 1 aromatic carbocycles. The third-order valence-corrected chi connectivity index (χ3v) is 4.62. The fourth-order valence-electron chi connectivity index (χ4n) is 2.62. The van der Waals surface area contributed by atoms with Crippen LogP contribution in [0, 0.1) is 11.8 Å². The monoisotopic (exact) mass is 355 g/mol. The van der Waals surface area contributed by atoms with Crippen LogP contribution < -0.4 is 5.73 Å².